The zero-order chi connectivity index (χ0) is 19.5. The van der Waals surface area contributed by atoms with Crippen LogP contribution in [0.4, 0.5) is 0 Å². The van der Waals surface area contributed by atoms with Gasteiger partial charge in [0.05, 0.1) is 29.4 Å². The second-order valence-corrected chi connectivity index (χ2v) is 8.70. The molecule has 1 saturated heterocycles. The number of thioether (sulfide) groups is 1. The second-order valence-electron chi connectivity index (χ2n) is 6.71. The third-order valence-corrected chi connectivity index (χ3v) is 6.74. The van der Waals surface area contributed by atoms with E-state index in [1.54, 1.807) is 30.2 Å². The smallest absolute Gasteiger partial charge is 0.257 e. The summed E-state index contributed by atoms with van der Waals surface area (Å²) >= 11 is 3.39. The quantitative estimate of drug-likeness (QED) is 0.592. The highest BCUT2D eigenvalue weighted by Crippen LogP contribution is 2.27. The van der Waals surface area contributed by atoms with Gasteiger partial charge in [-0.25, -0.2) is 4.98 Å². The summed E-state index contributed by atoms with van der Waals surface area (Å²) in [5.74, 6) is 0.692. The third kappa shape index (κ3) is 4.01. The van der Waals surface area contributed by atoms with Crippen molar-refractivity contribution in [3.63, 3.8) is 0 Å². The van der Waals surface area contributed by atoms with Crippen LogP contribution in [0.2, 0.25) is 0 Å². The van der Waals surface area contributed by atoms with Crippen molar-refractivity contribution < 1.29 is 9.53 Å². The minimum absolute atomic E-state index is 0.0455. The summed E-state index contributed by atoms with van der Waals surface area (Å²) in [6, 6.07) is 14.0. The Morgan fingerprint density at radius 2 is 1.96 bits per heavy atom. The van der Waals surface area contributed by atoms with Crippen LogP contribution < -0.4 is 4.74 Å². The topological polar surface area (TPSA) is 45.7 Å². The molecule has 1 fully saturated rings. The van der Waals surface area contributed by atoms with Crippen LogP contribution in [0.1, 0.15) is 15.4 Å². The van der Waals surface area contributed by atoms with Gasteiger partial charge in [0.15, 0.2) is 0 Å². The summed E-state index contributed by atoms with van der Waals surface area (Å²) in [6.07, 6.45) is 2.01. The number of fused-ring (bicyclic) bond motifs is 1. The van der Waals surface area contributed by atoms with E-state index in [9.17, 15) is 4.79 Å². The number of aromatic nitrogens is 1. The molecule has 1 aliphatic heterocycles. The fraction of sp³-hybridized carbons (Fsp3) is 0.333. The summed E-state index contributed by atoms with van der Waals surface area (Å²) in [5.41, 5.74) is 1.71. The van der Waals surface area contributed by atoms with Crippen molar-refractivity contribution >= 4 is 39.2 Å². The van der Waals surface area contributed by atoms with Crippen LogP contribution in [0.15, 0.2) is 47.4 Å². The Balaban J connectivity index is 1.39. The minimum atomic E-state index is 0.0455. The first-order valence-electron chi connectivity index (χ1n) is 9.26. The molecule has 0 atom stereocenters. The van der Waals surface area contributed by atoms with Crippen molar-refractivity contribution in [1.82, 2.24) is 14.8 Å². The number of carbonyl (C=O) groups is 1. The van der Waals surface area contributed by atoms with Crippen LogP contribution in [0, 0.1) is 0 Å². The number of ether oxygens (including phenoxy) is 1. The zero-order valence-electron chi connectivity index (χ0n) is 16.1. The number of amides is 1. The van der Waals surface area contributed by atoms with Crippen molar-refractivity contribution in [2.24, 2.45) is 0 Å². The Bertz CT molecular complexity index is 948. The third-order valence-electron chi connectivity index (χ3n) is 5.00. The van der Waals surface area contributed by atoms with Crippen molar-refractivity contribution in [3.05, 3.63) is 53.0 Å². The predicted molar refractivity (Wildman–Crippen MR) is 116 cm³/mol. The van der Waals surface area contributed by atoms with E-state index in [1.807, 2.05) is 35.4 Å². The molecule has 0 bridgehead atoms. The number of hydrogen-bond acceptors (Lipinski definition) is 6. The molecule has 0 spiro atoms. The van der Waals surface area contributed by atoms with Crippen LogP contribution >= 0.6 is 23.1 Å². The lowest BCUT2D eigenvalue weighted by Crippen LogP contribution is -2.48. The van der Waals surface area contributed by atoms with Gasteiger partial charge in [0.25, 0.3) is 5.91 Å². The van der Waals surface area contributed by atoms with E-state index in [4.69, 9.17) is 9.72 Å². The van der Waals surface area contributed by atoms with Gasteiger partial charge in [-0.3, -0.25) is 9.69 Å². The molecule has 146 valence electrons. The summed E-state index contributed by atoms with van der Waals surface area (Å²) < 4.78 is 6.68. The van der Waals surface area contributed by atoms with E-state index in [0.717, 1.165) is 48.1 Å². The number of carbonyl (C=O) groups excluding carboxylic acids is 1. The number of benzene rings is 2. The van der Waals surface area contributed by atoms with E-state index >= 15 is 0 Å². The molecule has 0 aliphatic carbocycles. The molecule has 5 nitrogen and oxygen atoms in total. The molecule has 1 aromatic heterocycles. The highest BCUT2D eigenvalue weighted by atomic mass is 32.2. The van der Waals surface area contributed by atoms with E-state index < -0.39 is 0 Å². The summed E-state index contributed by atoms with van der Waals surface area (Å²) in [6.45, 7) is 3.99. The summed E-state index contributed by atoms with van der Waals surface area (Å²) in [5, 5.41) is 1.13. The average molecular weight is 414 g/mol. The Labute approximate surface area is 173 Å². The fourth-order valence-electron chi connectivity index (χ4n) is 3.43. The molecule has 2 heterocycles. The fourth-order valence-corrected chi connectivity index (χ4v) is 4.87. The lowest BCUT2D eigenvalue weighted by Gasteiger charge is -2.34. The van der Waals surface area contributed by atoms with Crippen molar-refractivity contribution in [2.75, 3.05) is 39.5 Å². The highest BCUT2D eigenvalue weighted by Gasteiger charge is 2.25. The van der Waals surface area contributed by atoms with Gasteiger partial charge in [-0.05, 0) is 36.6 Å². The summed E-state index contributed by atoms with van der Waals surface area (Å²) in [7, 11) is 1.62. The van der Waals surface area contributed by atoms with E-state index in [-0.39, 0.29) is 5.91 Å². The number of piperazine rings is 1. The molecule has 4 rings (SSSR count). The number of thiazole rings is 1. The Kier molecular flexibility index (Phi) is 5.85. The first kappa shape index (κ1) is 19.2. The normalized spacial score (nSPS) is 15.1. The molecule has 2 aromatic carbocycles. The largest absolute Gasteiger partial charge is 0.496 e. The van der Waals surface area contributed by atoms with E-state index in [0.29, 0.717) is 11.3 Å². The maximum atomic E-state index is 13.0. The first-order valence-corrected chi connectivity index (χ1v) is 11.3. The molecule has 28 heavy (non-hydrogen) atoms. The van der Waals surface area contributed by atoms with Crippen LogP contribution in [0.3, 0.4) is 0 Å². The number of rotatable bonds is 5. The molecule has 0 radical (unpaired) electrons. The van der Waals surface area contributed by atoms with Gasteiger partial charge in [0.2, 0.25) is 0 Å². The molecule has 1 amide bonds. The van der Waals surface area contributed by atoms with Gasteiger partial charge in [-0.1, -0.05) is 12.1 Å². The van der Waals surface area contributed by atoms with Crippen molar-refractivity contribution in [3.8, 4) is 5.75 Å². The lowest BCUT2D eigenvalue weighted by atomic mass is 10.1. The van der Waals surface area contributed by atoms with Gasteiger partial charge < -0.3 is 9.64 Å². The Morgan fingerprint density at radius 1 is 1.18 bits per heavy atom. The number of hydrogen-bond donors (Lipinski definition) is 0. The SMILES string of the molecule is COc1cc(SC)ccc1C(=O)N1CCN(Cc2nc3ccccc3s2)CC1. The van der Waals surface area contributed by atoms with Gasteiger partial charge in [0.1, 0.15) is 10.8 Å². The second kappa shape index (κ2) is 8.51. The van der Waals surface area contributed by atoms with Crippen LogP contribution in [-0.2, 0) is 6.54 Å². The van der Waals surface area contributed by atoms with Gasteiger partial charge in [-0.15, -0.1) is 23.1 Å². The van der Waals surface area contributed by atoms with Gasteiger partial charge >= 0.3 is 0 Å². The van der Waals surface area contributed by atoms with Crippen LogP contribution in [0.5, 0.6) is 5.75 Å². The molecular formula is C21H23N3O2S2. The molecule has 3 aromatic rings. The first-order chi connectivity index (χ1) is 13.7. The maximum Gasteiger partial charge on any atom is 0.257 e. The van der Waals surface area contributed by atoms with Gasteiger partial charge in [0, 0.05) is 31.1 Å². The zero-order valence-corrected chi connectivity index (χ0v) is 17.7. The van der Waals surface area contributed by atoms with Crippen LogP contribution in [-0.4, -0.2) is 60.2 Å². The van der Waals surface area contributed by atoms with Crippen LogP contribution in [0.25, 0.3) is 10.2 Å². The average Bonchev–Trinajstić information content (AvgIpc) is 3.15. The maximum absolute atomic E-state index is 13.0. The molecular weight excluding hydrogens is 390 g/mol. The van der Waals surface area contributed by atoms with Crippen molar-refractivity contribution in [2.45, 2.75) is 11.4 Å². The molecule has 0 unspecified atom stereocenters. The number of para-hydroxylation sites is 1. The highest BCUT2D eigenvalue weighted by molar-refractivity contribution is 7.98. The predicted octanol–water partition coefficient (Wildman–Crippen LogP) is 3.98. The molecule has 0 saturated carbocycles. The standard InChI is InChI=1S/C21H23N3O2S2/c1-26-18-13-15(27-2)7-8-16(18)21(25)24-11-9-23(10-12-24)14-20-22-17-5-3-4-6-19(17)28-20/h3-8,13H,9-12,14H2,1-2H3. The lowest BCUT2D eigenvalue weighted by molar-refractivity contribution is 0.0625. The van der Waals surface area contributed by atoms with E-state index in [2.05, 4.69) is 23.1 Å². The number of methoxy groups -OCH3 is 1. The molecule has 0 N–H and O–H groups in total. The summed E-state index contributed by atoms with van der Waals surface area (Å²) in [4.78, 5) is 23.1. The Morgan fingerprint density at radius 3 is 2.68 bits per heavy atom. The van der Waals surface area contributed by atoms with Crippen molar-refractivity contribution in [1.29, 1.82) is 0 Å². The van der Waals surface area contributed by atoms with Gasteiger partial charge in [-0.2, -0.15) is 0 Å². The Hall–Kier alpha value is -2.09. The molecule has 1 aliphatic rings. The molecule has 7 heteroatoms. The minimum Gasteiger partial charge on any atom is -0.496 e. The number of nitrogens with zero attached hydrogens (tertiary/aromatic N) is 3. The monoisotopic (exact) mass is 413 g/mol. The van der Waals surface area contributed by atoms with E-state index in [1.165, 1.54) is 4.70 Å².